The maximum atomic E-state index is 8.75. The van der Waals surface area contributed by atoms with Gasteiger partial charge >= 0.3 is 0 Å². The van der Waals surface area contributed by atoms with Crippen molar-refractivity contribution >= 4 is 11.5 Å². The molecule has 0 saturated heterocycles. The molecule has 0 aliphatic heterocycles. The Balaban J connectivity index is 1.79. The van der Waals surface area contributed by atoms with Crippen LogP contribution in [-0.2, 0) is 6.42 Å². The van der Waals surface area contributed by atoms with E-state index in [4.69, 9.17) is 20.9 Å². The average Bonchev–Trinajstić information content (AvgIpc) is 3.22. The Hall–Kier alpha value is -3.34. The van der Waals surface area contributed by atoms with Crippen LogP contribution < -0.4 is 15.8 Å². The van der Waals surface area contributed by atoms with Crippen LogP contribution in [0, 0.1) is 5.41 Å². The van der Waals surface area contributed by atoms with Crippen LogP contribution in [0.2, 0.25) is 0 Å². The summed E-state index contributed by atoms with van der Waals surface area (Å²) >= 11 is 0. The number of rotatable bonds is 8. The number of benzene rings is 2. The molecule has 0 aromatic heterocycles. The number of hydrogen-bond donors (Lipinski definition) is 3. The van der Waals surface area contributed by atoms with E-state index in [0.717, 1.165) is 29.9 Å². The van der Waals surface area contributed by atoms with Gasteiger partial charge in [-0.1, -0.05) is 49.8 Å². The van der Waals surface area contributed by atoms with Crippen LogP contribution in [0.1, 0.15) is 38.2 Å². The van der Waals surface area contributed by atoms with E-state index in [0.29, 0.717) is 29.2 Å². The fourth-order valence-electron chi connectivity index (χ4n) is 3.69. The third-order valence-electron chi connectivity index (χ3n) is 5.07. The first kappa shape index (κ1) is 21.4. The van der Waals surface area contributed by atoms with Gasteiger partial charge < -0.3 is 21.2 Å². The van der Waals surface area contributed by atoms with Gasteiger partial charge in [0.25, 0.3) is 0 Å². The van der Waals surface area contributed by atoms with E-state index < -0.39 is 0 Å². The fraction of sp³-hybridized carbons (Fsp3) is 0.280. The molecule has 2 aromatic carbocycles. The molecule has 4 N–H and O–H groups in total. The van der Waals surface area contributed by atoms with E-state index in [-0.39, 0.29) is 6.04 Å². The van der Waals surface area contributed by atoms with Crippen molar-refractivity contribution in [2.24, 2.45) is 10.7 Å². The van der Waals surface area contributed by atoms with E-state index in [9.17, 15) is 0 Å². The van der Waals surface area contributed by atoms with Gasteiger partial charge in [-0.3, -0.25) is 4.99 Å². The zero-order valence-corrected chi connectivity index (χ0v) is 17.5. The lowest BCUT2D eigenvalue weighted by Gasteiger charge is -2.17. The van der Waals surface area contributed by atoms with Gasteiger partial charge in [0.15, 0.2) is 0 Å². The van der Waals surface area contributed by atoms with Crippen LogP contribution in [0.5, 0.6) is 11.5 Å². The van der Waals surface area contributed by atoms with E-state index in [1.54, 1.807) is 6.20 Å². The van der Waals surface area contributed by atoms with Crippen LogP contribution >= 0.6 is 0 Å². The third-order valence-corrected chi connectivity index (χ3v) is 5.07. The second kappa shape index (κ2) is 10.4. The molecule has 0 radical (unpaired) electrons. The molecule has 5 heteroatoms. The summed E-state index contributed by atoms with van der Waals surface area (Å²) < 4.78 is 5.93. The largest absolute Gasteiger partial charge is 0.457 e. The quantitative estimate of drug-likeness (QED) is 0.411. The van der Waals surface area contributed by atoms with Crippen molar-refractivity contribution in [2.75, 3.05) is 0 Å². The van der Waals surface area contributed by atoms with Gasteiger partial charge in [0.2, 0.25) is 0 Å². The third kappa shape index (κ3) is 5.83. The topological polar surface area (TPSA) is 83.5 Å². The smallest absolute Gasteiger partial charge is 0.136 e. The van der Waals surface area contributed by atoms with E-state index in [1.807, 2.05) is 61.5 Å². The Morgan fingerprint density at radius 2 is 1.87 bits per heavy atom. The van der Waals surface area contributed by atoms with E-state index >= 15 is 0 Å². The first-order valence-corrected chi connectivity index (χ1v) is 10.4. The highest BCUT2D eigenvalue weighted by Crippen LogP contribution is 2.24. The summed E-state index contributed by atoms with van der Waals surface area (Å²) in [7, 11) is 0. The zero-order valence-electron chi connectivity index (χ0n) is 17.5. The van der Waals surface area contributed by atoms with Gasteiger partial charge in [-0.2, -0.15) is 0 Å². The molecule has 1 aliphatic rings. The minimum atomic E-state index is 0.275. The molecule has 0 spiro atoms. The first-order chi connectivity index (χ1) is 14.6. The van der Waals surface area contributed by atoms with Crippen molar-refractivity contribution in [3.63, 3.8) is 0 Å². The molecule has 2 aromatic rings. The van der Waals surface area contributed by atoms with Gasteiger partial charge in [0, 0.05) is 17.8 Å². The van der Waals surface area contributed by atoms with Crippen LogP contribution in [-0.4, -0.2) is 17.6 Å². The summed E-state index contributed by atoms with van der Waals surface area (Å²) in [5, 5.41) is 11.9. The molecule has 0 amide bonds. The van der Waals surface area contributed by atoms with Crippen LogP contribution in [0.25, 0.3) is 0 Å². The highest BCUT2D eigenvalue weighted by molar-refractivity contribution is 6.23. The van der Waals surface area contributed by atoms with Crippen molar-refractivity contribution in [2.45, 2.75) is 45.1 Å². The number of nitrogens with two attached hydrogens (primary N) is 1. The van der Waals surface area contributed by atoms with E-state index in [1.165, 1.54) is 12.8 Å². The Labute approximate surface area is 178 Å². The lowest BCUT2D eigenvalue weighted by Crippen LogP contribution is -2.29. The molecular weight excluding hydrogens is 372 g/mol. The van der Waals surface area contributed by atoms with Gasteiger partial charge in [-0.25, -0.2) is 0 Å². The molecule has 5 nitrogen and oxygen atoms in total. The standard InChI is InChI=1S/C25H30N4O/c1-3-28-25(29-20-11-7-8-12-20)24(18(2)26)23(27)17-19-10-9-15-22(16-19)30-21-13-5-4-6-14-21/h3-6,9-10,13-16,20,27H,1,7-8,11-12,17,26H2,2H3,(H,28,29)/b24-18+,27-23?. The van der Waals surface area contributed by atoms with Gasteiger partial charge in [-0.15, -0.1) is 0 Å². The van der Waals surface area contributed by atoms with Crippen molar-refractivity contribution in [1.29, 1.82) is 5.41 Å². The SMILES string of the molecule is C=CNC(=NC1CCCC1)/C(C(=N)Cc1cccc(Oc2ccccc2)c1)=C(\C)N. The highest BCUT2D eigenvalue weighted by atomic mass is 16.5. The molecule has 3 rings (SSSR count). The number of aliphatic imine (C=N–C) groups is 1. The predicted molar refractivity (Wildman–Crippen MR) is 124 cm³/mol. The molecule has 1 aliphatic carbocycles. The molecule has 0 unspecified atom stereocenters. The molecule has 0 atom stereocenters. The summed E-state index contributed by atoms with van der Waals surface area (Å²) in [5.41, 5.74) is 8.80. The maximum Gasteiger partial charge on any atom is 0.136 e. The van der Waals surface area contributed by atoms with Crippen molar-refractivity contribution in [3.05, 3.63) is 84.2 Å². The van der Waals surface area contributed by atoms with Crippen molar-refractivity contribution in [1.82, 2.24) is 5.32 Å². The Bertz CT molecular complexity index is 937. The molecule has 1 saturated carbocycles. The molecule has 156 valence electrons. The summed E-state index contributed by atoms with van der Waals surface area (Å²) in [6.07, 6.45) is 6.57. The zero-order chi connectivity index (χ0) is 21.3. The van der Waals surface area contributed by atoms with Crippen molar-refractivity contribution in [3.8, 4) is 11.5 Å². The second-order valence-corrected chi connectivity index (χ2v) is 7.54. The summed E-state index contributed by atoms with van der Waals surface area (Å²) in [5.74, 6) is 2.16. The number of nitrogens with zero attached hydrogens (tertiary/aromatic N) is 1. The van der Waals surface area contributed by atoms with Crippen LogP contribution in [0.4, 0.5) is 0 Å². The monoisotopic (exact) mass is 402 g/mol. The van der Waals surface area contributed by atoms with Crippen LogP contribution in [0.15, 0.2) is 83.6 Å². The molecule has 30 heavy (non-hydrogen) atoms. The Morgan fingerprint density at radius 3 is 2.53 bits per heavy atom. The number of amidine groups is 1. The molecule has 1 fully saturated rings. The lowest BCUT2D eigenvalue weighted by atomic mass is 9.99. The van der Waals surface area contributed by atoms with Gasteiger partial charge in [0.1, 0.15) is 17.3 Å². The number of para-hydroxylation sites is 1. The highest BCUT2D eigenvalue weighted by Gasteiger charge is 2.20. The van der Waals surface area contributed by atoms with E-state index in [2.05, 4.69) is 11.9 Å². The van der Waals surface area contributed by atoms with Crippen LogP contribution in [0.3, 0.4) is 0 Å². The minimum absolute atomic E-state index is 0.275. The summed E-state index contributed by atoms with van der Waals surface area (Å²) in [4.78, 5) is 4.85. The number of hydrogen-bond acceptors (Lipinski definition) is 4. The second-order valence-electron chi connectivity index (χ2n) is 7.54. The fourth-order valence-corrected chi connectivity index (χ4v) is 3.69. The van der Waals surface area contributed by atoms with Gasteiger partial charge in [0.05, 0.1) is 11.6 Å². The number of allylic oxidation sites excluding steroid dienone is 1. The number of nitrogens with one attached hydrogen (secondary N) is 2. The summed E-state index contributed by atoms with van der Waals surface area (Å²) in [6.45, 7) is 5.58. The molecule has 0 bridgehead atoms. The Morgan fingerprint density at radius 1 is 1.17 bits per heavy atom. The Kier molecular flexibility index (Phi) is 7.44. The van der Waals surface area contributed by atoms with Crippen molar-refractivity contribution < 1.29 is 4.74 Å². The lowest BCUT2D eigenvalue weighted by molar-refractivity contribution is 0.482. The predicted octanol–water partition coefficient (Wildman–Crippen LogP) is 5.35. The normalized spacial score (nSPS) is 15.4. The minimum Gasteiger partial charge on any atom is -0.457 e. The number of ether oxygens (including phenoxy) is 1. The summed E-state index contributed by atoms with van der Waals surface area (Å²) in [6, 6.07) is 17.7. The molecular formula is C25H30N4O. The maximum absolute atomic E-state index is 8.75. The van der Waals surface area contributed by atoms with Gasteiger partial charge in [-0.05, 0) is 55.8 Å². The average molecular weight is 403 g/mol. The molecule has 0 heterocycles. The first-order valence-electron chi connectivity index (χ1n) is 10.4.